The van der Waals surface area contributed by atoms with E-state index in [0.29, 0.717) is 5.92 Å². The van der Waals surface area contributed by atoms with Crippen molar-refractivity contribution in [3.05, 3.63) is 24.0 Å². The molecule has 0 fully saturated rings. The summed E-state index contributed by atoms with van der Waals surface area (Å²) < 4.78 is 5.33. The fourth-order valence-corrected chi connectivity index (χ4v) is 1.75. The van der Waals surface area contributed by atoms with Gasteiger partial charge in [0, 0.05) is 6.20 Å². The average molecular weight is 222 g/mol. The molecule has 0 radical (unpaired) electrons. The Morgan fingerprint density at radius 2 is 2.12 bits per heavy atom. The quantitative estimate of drug-likeness (QED) is 0.803. The predicted molar refractivity (Wildman–Crippen MR) is 66.7 cm³/mol. The molecule has 1 heterocycles. The summed E-state index contributed by atoms with van der Waals surface area (Å²) in [6.45, 7) is 4.48. The highest BCUT2D eigenvalue weighted by molar-refractivity contribution is 5.29. The van der Waals surface area contributed by atoms with E-state index in [0.717, 1.165) is 17.9 Å². The molecule has 1 N–H and O–H groups in total. The van der Waals surface area contributed by atoms with Gasteiger partial charge in [-0.3, -0.25) is 4.98 Å². The number of aromatic nitrogens is 1. The summed E-state index contributed by atoms with van der Waals surface area (Å²) in [5.74, 6) is 1.58. The molecule has 1 unspecified atom stereocenters. The van der Waals surface area contributed by atoms with Crippen LogP contribution in [-0.2, 0) is 0 Å². The zero-order valence-corrected chi connectivity index (χ0v) is 10.7. The van der Waals surface area contributed by atoms with E-state index in [1.165, 1.54) is 6.42 Å². The lowest BCUT2D eigenvalue weighted by Crippen LogP contribution is -2.19. The van der Waals surface area contributed by atoms with Crippen LogP contribution in [-0.4, -0.2) is 19.1 Å². The van der Waals surface area contributed by atoms with Crippen LogP contribution in [0.4, 0.5) is 0 Å². The Kier molecular flexibility index (Phi) is 5.26. The third kappa shape index (κ3) is 3.49. The van der Waals surface area contributed by atoms with Crippen LogP contribution in [0.3, 0.4) is 0 Å². The largest absolute Gasteiger partial charge is 0.495 e. The van der Waals surface area contributed by atoms with Gasteiger partial charge in [0.05, 0.1) is 18.8 Å². The summed E-state index contributed by atoms with van der Waals surface area (Å²) in [6.07, 6.45) is 4.09. The number of rotatable bonds is 6. The molecule has 1 aromatic heterocycles. The maximum Gasteiger partial charge on any atom is 0.141 e. The minimum Gasteiger partial charge on any atom is -0.495 e. The van der Waals surface area contributed by atoms with Crippen molar-refractivity contribution in [2.24, 2.45) is 5.92 Å². The third-order valence-electron chi connectivity index (χ3n) is 2.73. The molecule has 1 atom stereocenters. The van der Waals surface area contributed by atoms with Gasteiger partial charge in [0.25, 0.3) is 0 Å². The Labute approximate surface area is 98.2 Å². The van der Waals surface area contributed by atoms with Gasteiger partial charge in [0.2, 0.25) is 0 Å². The van der Waals surface area contributed by atoms with Crippen molar-refractivity contribution in [1.82, 2.24) is 10.3 Å². The number of pyridine rings is 1. The van der Waals surface area contributed by atoms with E-state index in [9.17, 15) is 0 Å². The monoisotopic (exact) mass is 222 g/mol. The molecule has 0 saturated carbocycles. The van der Waals surface area contributed by atoms with Crippen molar-refractivity contribution in [1.29, 1.82) is 0 Å². The van der Waals surface area contributed by atoms with Crippen LogP contribution in [0.1, 0.15) is 38.4 Å². The van der Waals surface area contributed by atoms with E-state index in [4.69, 9.17) is 4.74 Å². The summed E-state index contributed by atoms with van der Waals surface area (Å²) in [7, 11) is 3.66. The van der Waals surface area contributed by atoms with Gasteiger partial charge in [-0.25, -0.2) is 0 Å². The highest BCUT2D eigenvalue weighted by atomic mass is 16.5. The summed E-state index contributed by atoms with van der Waals surface area (Å²) >= 11 is 0. The molecule has 0 aromatic carbocycles. The molecular formula is C13H22N2O. The zero-order valence-electron chi connectivity index (χ0n) is 10.7. The highest BCUT2D eigenvalue weighted by Crippen LogP contribution is 2.26. The van der Waals surface area contributed by atoms with Crippen LogP contribution in [0.25, 0.3) is 0 Å². The van der Waals surface area contributed by atoms with Gasteiger partial charge >= 0.3 is 0 Å². The van der Waals surface area contributed by atoms with Crippen molar-refractivity contribution >= 4 is 0 Å². The predicted octanol–water partition coefficient (Wildman–Crippen LogP) is 2.79. The van der Waals surface area contributed by atoms with Gasteiger partial charge in [-0.2, -0.15) is 0 Å². The molecule has 0 saturated heterocycles. The van der Waals surface area contributed by atoms with Gasteiger partial charge in [-0.05, 0) is 37.9 Å². The highest BCUT2D eigenvalue weighted by Gasteiger charge is 2.15. The van der Waals surface area contributed by atoms with Gasteiger partial charge < -0.3 is 10.1 Å². The fourth-order valence-electron chi connectivity index (χ4n) is 1.75. The SMILES string of the molecule is CNC(CCC(C)C)c1ncccc1OC. The molecule has 0 bridgehead atoms. The third-order valence-corrected chi connectivity index (χ3v) is 2.73. The van der Waals surface area contributed by atoms with Gasteiger partial charge in [-0.15, -0.1) is 0 Å². The van der Waals surface area contributed by atoms with E-state index in [1.807, 2.05) is 25.4 Å². The Bertz CT molecular complexity index is 313. The number of ether oxygens (including phenoxy) is 1. The molecular weight excluding hydrogens is 200 g/mol. The fraction of sp³-hybridized carbons (Fsp3) is 0.615. The Hall–Kier alpha value is -1.09. The molecule has 1 rings (SSSR count). The Morgan fingerprint density at radius 1 is 1.38 bits per heavy atom. The average Bonchev–Trinajstić information content (AvgIpc) is 2.30. The molecule has 3 nitrogen and oxygen atoms in total. The van der Waals surface area contributed by atoms with Crippen LogP contribution < -0.4 is 10.1 Å². The maximum absolute atomic E-state index is 5.33. The second-order valence-corrected chi connectivity index (χ2v) is 4.40. The molecule has 0 aliphatic rings. The van der Waals surface area contributed by atoms with Crippen molar-refractivity contribution < 1.29 is 4.74 Å². The summed E-state index contributed by atoms with van der Waals surface area (Å²) in [6, 6.07) is 4.14. The van der Waals surface area contributed by atoms with E-state index in [1.54, 1.807) is 7.11 Å². The maximum atomic E-state index is 5.33. The first-order valence-electron chi connectivity index (χ1n) is 5.85. The smallest absolute Gasteiger partial charge is 0.141 e. The lowest BCUT2D eigenvalue weighted by Gasteiger charge is -2.18. The first-order chi connectivity index (χ1) is 7.69. The molecule has 16 heavy (non-hydrogen) atoms. The van der Waals surface area contributed by atoms with Crippen LogP contribution in [0, 0.1) is 5.92 Å². The molecule has 0 aliphatic heterocycles. The summed E-state index contributed by atoms with van der Waals surface area (Å²) in [5, 5.41) is 3.31. The topological polar surface area (TPSA) is 34.2 Å². The molecule has 0 aliphatic carbocycles. The van der Waals surface area contributed by atoms with Gasteiger partial charge in [-0.1, -0.05) is 13.8 Å². The number of nitrogens with one attached hydrogen (secondary N) is 1. The summed E-state index contributed by atoms with van der Waals surface area (Å²) in [5.41, 5.74) is 1.01. The molecule has 0 amide bonds. The first kappa shape index (κ1) is 13.0. The van der Waals surface area contributed by atoms with Crippen LogP contribution in [0.2, 0.25) is 0 Å². The number of hydrogen-bond acceptors (Lipinski definition) is 3. The first-order valence-corrected chi connectivity index (χ1v) is 5.85. The van der Waals surface area contributed by atoms with Crippen LogP contribution in [0.5, 0.6) is 5.75 Å². The zero-order chi connectivity index (χ0) is 12.0. The molecule has 1 aromatic rings. The second kappa shape index (κ2) is 6.48. The van der Waals surface area contributed by atoms with Crippen molar-refractivity contribution in [3.63, 3.8) is 0 Å². The minimum atomic E-state index is 0.276. The van der Waals surface area contributed by atoms with E-state index >= 15 is 0 Å². The van der Waals surface area contributed by atoms with Crippen molar-refractivity contribution in [3.8, 4) is 5.75 Å². The summed E-state index contributed by atoms with van der Waals surface area (Å²) in [4.78, 5) is 4.41. The van der Waals surface area contributed by atoms with Gasteiger partial charge in [0.1, 0.15) is 5.75 Å². The van der Waals surface area contributed by atoms with Crippen LogP contribution >= 0.6 is 0 Å². The normalized spacial score (nSPS) is 12.8. The lowest BCUT2D eigenvalue weighted by molar-refractivity contribution is 0.386. The van der Waals surface area contributed by atoms with E-state index in [-0.39, 0.29) is 6.04 Å². The standard InChI is InChI=1S/C13H22N2O/c1-10(2)7-8-11(14-3)13-12(16-4)6-5-9-15-13/h5-6,9-11,14H,7-8H2,1-4H3. The number of nitrogens with zero attached hydrogens (tertiary/aromatic N) is 1. The van der Waals surface area contributed by atoms with Crippen molar-refractivity contribution in [2.75, 3.05) is 14.2 Å². The van der Waals surface area contributed by atoms with E-state index < -0.39 is 0 Å². The molecule has 90 valence electrons. The molecule has 0 spiro atoms. The van der Waals surface area contributed by atoms with Gasteiger partial charge in [0.15, 0.2) is 0 Å². The second-order valence-electron chi connectivity index (χ2n) is 4.40. The minimum absolute atomic E-state index is 0.276. The Balaban J connectivity index is 2.77. The number of hydrogen-bond donors (Lipinski definition) is 1. The number of methoxy groups -OCH3 is 1. The van der Waals surface area contributed by atoms with Crippen LogP contribution in [0.15, 0.2) is 18.3 Å². The lowest BCUT2D eigenvalue weighted by atomic mass is 10.0. The molecule has 3 heteroatoms. The Morgan fingerprint density at radius 3 is 2.69 bits per heavy atom. The van der Waals surface area contributed by atoms with E-state index in [2.05, 4.69) is 24.1 Å². The van der Waals surface area contributed by atoms with Crippen molar-refractivity contribution in [2.45, 2.75) is 32.7 Å².